The van der Waals surface area contributed by atoms with E-state index >= 15 is 0 Å². The van der Waals surface area contributed by atoms with Crippen molar-refractivity contribution in [2.24, 2.45) is 5.73 Å². The van der Waals surface area contributed by atoms with Gasteiger partial charge in [-0.05, 0) is 18.6 Å². The zero-order chi connectivity index (χ0) is 10.6. The normalized spacial score (nSPS) is 12.2. The fourth-order valence-corrected chi connectivity index (χ4v) is 1.19. The fourth-order valence-electron chi connectivity index (χ4n) is 0.985. The molecule has 1 atom stereocenters. The molecule has 0 aliphatic carbocycles. The van der Waals surface area contributed by atoms with Crippen LogP contribution in [-0.2, 0) is 11.3 Å². The minimum Gasteiger partial charge on any atom is -0.351 e. The second kappa shape index (κ2) is 4.98. The molecule has 1 aromatic carbocycles. The number of amides is 1. The molecule has 1 aromatic rings. The second-order valence-corrected chi connectivity index (χ2v) is 3.51. The summed E-state index contributed by atoms with van der Waals surface area (Å²) in [7, 11) is 0. The molecule has 0 heterocycles. The van der Waals surface area contributed by atoms with Gasteiger partial charge in [-0.3, -0.25) is 4.79 Å². The van der Waals surface area contributed by atoms with Gasteiger partial charge in [-0.2, -0.15) is 0 Å². The number of carbonyl (C=O) groups is 1. The Hall–Kier alpha value is -1.06. The third-order valence-electron chi connectivity index (χ3n) is 1.82. The van der Waals surface area contributed by atoms with Crippen molar-refractivity contribution < 1.29 is 4.79 Å². The van der Waals surface area contributed by atoms with Crippen molar-refractivity contribution in [3.63, 3.8) is 0 Å². The molecule has 0 saturated carbocycles. The van der Waals surface area contributed by atoms with Crippen molar-refractivity contribution in [2.45, 2.75) is 19.5 Å². The van der Waals surface area contributed by atoms with Crippen LogP contribution in [0.2, 0.25) is 5.02 Å². The first-order valence-corrected chi connectivity index (χ1v) is 4.75. The lowest BCUT2D eigenvalue weighted by Gasteiger charge is -2.08. The van der Waals surface area contributed by atoms with Crippen LogP contribution in [0.4, 0.5) is 0 Å². The van der Waals surface area contributed by atoms with Gasteiger partial charge in [0.2, 0.25) is 5.91 Å². The Kier molecular flexibility index (Phi) is 3.92. The third-order valence-corrected chi connectivity index (χ3v) is 2.19. The fraction of sp³-hybridized carbons (Fsp3) is 0.300. The Labute approximate surface area is 88.2 Å². The van der Waals surface area contributed by atoms with Crippen LogP contribution in [0.15, 0.2) is 24.3 Å². The van der Waals surface area contributed by atoms with Gasteiger partial charge in [0.25, 0.3) is 0 Å². The number of hydrogen-bond donors (Lipinski definition) is 2. The van der Waals surface area contributed by atoms with E-state index in [1.54, 1.807) is 13.0 Å². The summed E-state index contributed by atoms with van der Waals surface area (Å²) in [6, 6.07) is 6.88. The molecule has 3 N–H and O–H groups in total. The zero-order valence-electron chi connectivity index (χ0n) is 7.96. The maximum absolute atomic E-state index is 11.1. The molecule has 1 rings (SSSR count). The highest BCUT2D eigenvalue weighted by Gasteiger charge is 2.06. The highest BCUT2D eigenvalue weighted by molar-refractivity contribution is 6.31. The Morgan fingerprint density at radius 2 is 2.21 bits per heavy atom. The molecular formula is C10H13ClN2O. The highest BCUT2D eigenvalue weighted by atomic mass is 35.5. The van der Waals surface area contributed by atoms with Crippen LogP contribution in [0, 0.1) is 0 Å². The van der Waals surface area contributed by atoms with Gasteiger partial charge in [-0.25, -0.2) is 0 Å². The Balaban J connectivity index is 2.54. The molecule has 0 saturated heterocycles. The summed E-state index contributed by atoms with van der Waals surface area (Å²) in [5.41, 5.74) is 6.28. The van der Waals surface area contributed by atoms with Gasteiger partial charge in [-0.15, -0.1) is 0 Å². The summed E-state index contributed by atoms with van der Waals surface area (Å²) >= 11 is 5.90. The minimum absolute atomic E-state index is 0.176. The summed E-state index contributed by atoms with van der Waals surface area (Å²) in [6.45, 7) is 2.06. The number of nitrogens with one attached hydrogen (secondary N) is 1. The first kappa shape index (κ1) is 11.0. The summed E-state index contributed by atoms with van der Waals surface area (Å²) in [6.07, 6.45) is 0. The Bertz CT molecular complexity index is 326. The van der Waals surface area contributed by atoms with Gasteiger partial charge in [0.1, 0.15) is 0 Å². The summed E-state index contributed by atoms with van der Waals surface area (Å²) in [4.78, 5) is 11.1. The quantitative estimate of drug-likeness (QED) is 0.794. The maximum Gasteiger partial charge on any atom is 0.236 e. The largest absolute Gasteiger partial charge is 0.351 e. The molecule has 0 spiro atoms. The second-order valence-electron chi connectivity index (χ2n) is 3.10. The number of hydrogen-bond acceptors (Lipinski definition) is 2. The van der Waals surface area contributed by atoms with E-state index in [9.17, 15) is 4.79 Å². The SMILES string of the molecule is C[C@@H](N)C(=O)NCc1ccccc1Cl. The van der Waals surface area contributed by atoms with Crippen molar-refractivity contribution >= 4 is 17.5 Å². The van der Waals surface area contributed by atoms with E-state index in [1.165, 1.54) is 0 Å². The minimum atomic E-state index is -0.488. The predicted molar refractivity (Wildman–Crippen MR) is 56.9 cm³/mol. The lowest BCUT2D eigenvalue weighted by atomic mass is 10.2. The van der Waals surface area contributed by atoms with Gasteiger partial charge in [0.15, 0.2) is 0 Å². The van der Waals surface area contributed by atoms with Gasteiger partial charge >= 0.3 is 0 Å². The van der Waals surface area contributed by atoms with Crippen molar-refractivity contribution in [3.8, 4) is 0 Å². The van der Waals surface area contributed by atoms with Crippen molar-refractivity contribution in [2.75, 3.05) is 0 Å². The van der Waals surface area contributed by atoms with Gasteiger partial charge in [-0.1, -0.05) is 29.8 Å². The van der Waals surface area contributed by atoms with E-state index in [1.807, 2.05) is 18.2 Å². The van der Waals surface area contributed by atoms with Crippen molar-refractivity contribution in [1.29, 1.82) is 0 Å². The van der Waals surface area contributed by atoms with Gasteiger partial charge in [0, 0.05) is 11.6 Å². The van der Waals surface area contributed by atoms with E-state index in [0.717, 1.165) is 5.56 Å². The van der Waals surface area contributed by atoms with Crippen molar-refractivity contribution in [3.05, 3.63) is 34.9 Å². The topological polar surface area (TPSA) is 55.1 Å². The smallest absolute Gasteiger partial charge is 0.236 e. The Morgan fingerprint density at radius 1 is 1.57 bits per heavy atom. The number of benzene rings is 1. The molecule has 0 aliphatic heterocycles. The van der Waals surface area contributed by atoms with E-state index in [-0.39, 0.29) is 5.91 Å². The first-order chi connectivity index (χ1) is 6.61. The molecule has 0 unspecified atom stereocenters. The van der Waals surface area contributed by atoms with E-state index in [2.05, 4.69) is 5.32 Å². The average Bonchev–Trinajstić information content (AvgIpc) is 2.16. The standard InChI is InChI=1S/C10H13ClN2O/c1-7(12)10(14)13-6-8-4-2-3-5-9(8)11/h2-5,7H,6,12H2,1H3,(H,13,14)/t7-/m1/s1. The van der Waals surface area contributed by atoms with Crippen LogP contribution in [0.5, 0.6) is 0 Å². The first-order valence-electron chi connectivity index (χ1n) is 4.38. The molecular weight excluding hydrogens is 200 g/mol. The van der Waals surface area contributed by atoms with E-state index in [4.69, 9.17) is 17.3 Å². The van der Waals surface area contributed by atoms with Crippen LogP contribution in [0.1, 0.15) is 12.5 Å². The molecule has 0 aromatic heterocycles. The van der Waals surface area contributed by atoms with E-state index < -0.39 is 6.04 Å². The monoisotopic (exact) mass is 212 g/mol. The van der Waals surface area contributed by atoms with Crippen LogP contribution in [-0.4, -0.2) is 11.9 Å². The van der Waals surface area contributed by atoms with Gasteiger partial charge in [0.05, 0.1) is 6.04 Å². The average molecular weight is 213 g/mol. The zero-order valence-corrected chi connectivity index (χ0v) is 8.71. The molecule has 14 heavy (non-hydrogen) atoms. The van der Waals surface area contributed by atoms with Gasteiger partial charge < -0.3 is 11.1 Å². The number of carbonyl (C=O) groups excluding carboxylic acids is 1. The number of halogens is 1. The number of rotatable bonds is 3. The molecule has 0 bridgehead atoms. The van der Waals surface area contributed by atoms with Crippen LogP contribution >= 0.6 is 11.6 Å². The molecule has 3 nitrogen and oxygen atoms in total. The highest BCUT2D eigenvalue weighted by Crippen LogP contribution is 2.14. The molecule has 4 heteroatoms. The lowest BCUT2D eigenvalue weighted by Crippen LogP contribution is -2.37. The molecule has 1 amide bonds. The molecule has 0 aliphatic rings. The Morgan fingerprint density at radius 3 is 2.79 bits per heavy atom. The lowest BCUT2D eigenvalue weighted by molar-refractivity contribution is -0.122. The van der Waals surface area contributed by atoms with Crippen LogP contribution in [0.25, 0.3) is 0 Å². The van der Waals surface area contributed by atoms with Crippen LogP contribution in [0.3, 0.4) is 0 Å². The van der Waals surface area contributed by atoms with Crippen molar-refractivity contribution in [1.82, 2.24) is 5.32 Å². The van der Waals surface area contributed by atoms with Crippen LogP contribution < -0.4 is 11.1 Å². The summed E-state index contributed by atoms with van der Waals surface area (Å²) in [5, 5.41) is 3.34. The van der Waals surface area contributed by atoms with E-state index in [0.29, 0.717) is 11.6 Å². The predicted octanol–water partition coefficient (Wildman–Crippen LogP) is 1.30. The molecule has 0 fully saturated rings. The summed E-state index contributed by atoms with van der Waals surface area (Å²) in [5.74, 6) is -0.176. The third kappa shape index (κ3) is 3.01. The maximum atomic E-state index is 11.1. The molecule has 0 radical (unpaired) electrons. The summed E-state index contributed by atoms with van der Waals surface area (Å²) < 4.78 is 0. The molecule has 76 valence electrons. The number of nitrogens with two attached hydrogens (primary N) is 1.